The Morgan fingerprint density at radius 1 is 1.07 bits per heavy atom. The predicted octanol–water partition coefficient (Wildman–Crippen LogP) is 0.747. The van der Waals surface area contributed by atoms with Crippen LogP contribution in [-0.4, -0.2) is 46.5 Å². The smallest absolute Gasteiger partial charge is 0.0695 e. The first-order valence-electron chi connectivity index (χ1n) is 5.87. The minimum Gasteiger partial charge on any atom is -0.395 e. The quantitative estimate of drug-likeness (QED) is 0.689. The molecule has 2 rings (SSSR count). The molecule has 2 fully saturated rings. The highest BCUT2D eigenvalue weighted by atomic mass is 16.3. The van der Waals surface area contributed by atoms with Gasteiger partial charge in [-0.05, 0) is 32.2 Å². The Hall–Kier alpha value is -0.120. The van der Waals surface area contributed by atoms with Gasteiger partial charge in [0.05, 0.1) is 12.7 Å². The third-order valence-electron chi connectivity index (χ3n) is 3.75. The molecule has 3 nitrogen and oxygen atoms in total. The van der Waals surface area contributed by atoms with Gasteiger partial charge in [-0.25, -0.2) is 0 Å². The first-order valence-corrected chi connectivity index (χ1v) is 5.87. The Labute approximate surface area is 85.7 Å². The van der Waals surface area contributed by atoms with E-state index in [1.165, 1.54) is 12.8 Å². The van der Waals surface area contributed by atoms with Crippen LogP contribution in [0.25, 0.3) is 0 Å². The highest BCUT2D eigenvalue weighted by Crippen LogP contribution is 2.29. The number of hydrogen-bond acceptors (Lipinski definition) is 3. The summed E-state index contributed by atoms with van der Waals surface area (Å²) in [5.41, 5.74) is 0. The maximum absolute atomic E-state index is 9.92. The van der Waals surface area contributed by atoms with E-state index in [-0.39, 0.29) is 12.7 Å². The van der Waals surface area contributed by atoms with E-state index in [0.717, 1.165) is 32.2 Å². The molecule has 0 amide bonds. The largest absolute Gasteiger partial charge is 0.395 e. The van der Waals surface area contributed by atoms with Gasteiger partial charge in [0, 0.05) is 12.1 Å². The van der Waals surface area contributed by atoms with E-state index < -0.39 is 0 Å². The van der Waals surface area contributed by atoms with E-state index in [1.54, 1.807) is 0 Å². The van der Waals surface area contributed by atoms with Crippen molar-refractivity contribution < 1.29 is 10.2 Å². The number of hydrogen-bond donors (Lipinski definition) is 2. The van der Waals surface area contributed by atoms with Crippen molar-refractivity contribution in [2.45, 2.75) is 56.7 Å². The molecule has 0 aromatic carbocycles. The van der Waals surface area contributed by atoms with Crippen LogP contribution in [0.2, 0.25) is 0 Å². The number of aliphatic hydroxyl groups excluding tert-OH is 2. The van der Waals surface area contributed by atoms with Crippen molar-refractivity contribution in [1.82, 2.24) is 4.90 Å². The summed E-state index contributed by atoms with van der Waals surface area (Å²) in [4.78, 5) is 2.34. The summed E-state index contributed by atoms with van der Waals surface area (Å²) in [6.45, 7) is 1.32. The third kappa shape index (κ3) is 1.95. The lowest BCUT2D eigenvalue weighted by atomic mass is 9.91. The minimum atomic E-state index is -0.157. The molecule has 3 heteroatoms. The van der Waals surface area contributed by atoms with E-state index in [2.05, 4.69) is 4.90 Å². The maximum atomic E-state index is 9.92. The van der Waals surface area contributed by atoms with Gasteiger partial charge in [0.15, 0.2) is 0 Å². The third-order valence-corrected chi connectivity index (χ3v) is 3.75. The van der Waals surface area contributed by atoms with Gasteiger partial charge in [0.25, 0.3) is 0 Å². The second-order valence-electron chi connectivity index (χ2n) is 4.64. The van der Waals surface area contributed by atoms with Crippen LogP contribution in [0.4, 0.5) is 0 Å². The number of aliphatic hydroxyl groups is 2. The standard InChI is InChI=1S/C11H21NO2/c13-8-9-4-3-7-12(9)10-5-1-2-6-11(10)14/h9-11,13-14H,1-8H2/t9?,10-,11-/m1/s1. The van der Waals surface area contributed by atoms with E-state index >= 15 is 0 Å². The molecule has 1 saturated carbocycles. The molecule has 3 atom stereocenters. The first kappa shape index (κ1) is 10.4. The molecule has 82 valence electrons. The van der Waals surface area contributed by atoms with Gasteiger partial charge in [-0.3, -0.25) is 4.90 Å². The Morgan fingerprint density at radius 2 is 1.86 bits per heavy atom. The fraction of sp³-hybridized carbons (Fsp3) is 1.00. The molecule has 1 aliphatic carbocycles. The number of nitrogens with zero attached hydrogens (tertiary/aromatic N) is 1. The Balaban J connectivity index is 1.97. The number of likely N-dealkylation sites (tertiary alicyclic amines) is 1. The van der Waals surface area contributed by atoms with E-state index in [9.17, 15) is 10.2 Å². The van der Waals surface area contributed by atoms with Crippen molar-refractivity contribution >= 4 is 0 Å². The fourth-order valence-electron chi connectivity index (χ4n) is 2.97. The van der Waals surface area contributed by atoms with Crippen LogP contribution in [-0.2, 0) is 0 Å². The molecule has 1 saturated heterocycles. The molecule has 0 bridgehead atoms. The summed E-state index contributed by atoms with van der Waals surface area (Å²) in [7, 11) is 0. The van der Waals surface area contributed by atoms with E-state index in [0.29, 0.717) is 12.1 Å². The van der Waals surface area contributed by atoms with Gasteiger partial charge >= 0.3 is 0 Å². The van der Waals surface area contributed by atoms with Crippen LogP contribution in [0, 0.1) is 0 Å². The lowest BCUT2D eigenvalue weighted by Crippen LogP contribution is -2.48. The molecule has 0 radical (unpaired) electrons. The molecular weight excluding hydrogens is 178 g/mol. The summed E-state index contributed by atoms with van der Waals surface area (Å²) < 4.78 is 0. The molecule has 0 spiro atoms. The van der Waals surface area contributed by atoms with Gasteiger partial charge in [0.1, 0.15) is 0 Å². The topological polar surface area (TPSA) is 43.7 Å². The van der Waals surface area contributed by atoms with Gasteiger partial charge in [-0.2, -0.15) is 0 Å². The molecule has 1 aliphatic heterocycles. The van der Waals surface area contributed by atoms with Crippen molar-refractivity contribution in [2.75, 3.05) is 13.2 Å². The lowest BCUT2D eigenvalue weighted by molar-refractivity contribution is 0.00283. The summed E-state index contributed by atoms with van der Waals surface area (Å²) in [6.07, 6.45) is 6.56. The zero-order valence-corrected chi connectivity index (χ0v) is 8.73. The van der Waals surface area contributed by atoms with Crippen molar-refractivity contribution in [2.24, 2.45) is 0 Å². The summed E-state index contributed by atoms with van der Waals surface area (Å²) >= 11 is 0. The highest BCUT2D eigenvalue weighted by molar-refractivity contribution is 4.90. The van der Waals surface area contributed by atoms with Crippen molar-refractivity contribution in [3.63, 3.8) is 0 Å². The van der Waals surface area contributed by atoms with Crippen LogP contribution in [0.1, 0.15) is 38.5 Å². The molecule has 2 aliphatic rings. The molecular formula is C11H21NO2. The predicted molar refractivity (Wildman–Crippen MR) is 55.1 cm³/mol. The van der Waals surface area contributed by atoms with Gasteiger partial charge in [-0.1, -0.05) is 12.8 Å². The normalized spacial score (nSPS) is 40.3. The van der Waals surface area contributed by atoms with Gasteiger partial charge in [-0.15, -0.1) is 0 Å². The van der Waals surface area contributed by atoms with Crippen molar-refractivity contribution in [3.05, 3.63) is 0 Å². The molecule has 0 aromatic heterocycles. The van der Waals surface area contributed by atoms with Gasteiger partial charge in [0.2, 0.25) is 0 Å². The van der Waals surface area contributed by atoms with Crippen LogP contribution < -0.4 is 0 Å². The second kappa shape index (κ2) is 4.60. The molecule has 1 heterocycles. The first-order chi connectivity index (χ1) is 6.83. The van der Waals surface area contributed by atoms with Crippen LogP contribution in [0.3, 0.4) is 0 Å². The molecule has 2 N–H and O–H groups in total. The Morgan fingerprint density at radius 3 is 2.57 bits per heavy atom. The highest BCUT2D eigenvalue weighted by Gasteiger charge is 2.35. The summed E-state index contributed by atoms with van der Waals surface area (Å²) in [5.74, 6) is 0. The van der Waals surface area contributed by atoms with Crippen LogP contribution in [0.15, 0.2) is 0 Å². The van der Waals surface area contributed by atoms with E-state index in [4.69, 9.17) is 0 Å². The minimum absolute atomic E-state index is 0.157. The monoisotopic (exact) mass is 199 g/mol. The number of rotatable bonds is 2. The average molecular weight is 199 g/mol. The Bertz CT molecular complexity index is 186. The zero-order valence-electron chi connectivity index (χ0n) is 8.73. The van der Waals surface area contributed by atoms with Crippen LogP contribution in [0.5, 0.6) is 0 Å². The summed E-state index contributed by atoms with van der Waals surface area (Å²) in [5, 5.41) is 19.1. The van der Waals surface area contributed by atoms with Crippen LogP contribution >= 0.6 is 0 Å². The summed E-state index contributed by atoms with van der Waals surface area (Å²) in [6, 6.07) is 0.635. The second-order valence-corrected chi connectivity index (χ2v) is 4.64. The lowest BCUT2D eigenvalue weighted by Gasteiger charge is -2.38. The average Bonchev–Trinajstić information content (AvgIpc) is 2.66. The maximum Gasteiger partial charge on any atom is 0.0695 e. The van der Waals surface area contributed by atoms with E-state index in [1.807, 2.05) is 0 Å². The molecule has 1 unspecified atom stereocenters. The fourth-order valence-corrected chi connectivity index (χ4v) is 2.97. The molecule has 14 heavy (non-hydrogen) atoms. The SMILES string of the molecule is OCC1CCCN1[C@@H]1CCCC[C@H]1O. The zero-order chi connectivity index (χ0) is 9.97. The van der Waals surface area contributed by atoms with Crippen molar-refractivity contribution in [1.29, 1.82) is 0 Å². The Kier molecular flexibility index (Phi) is 3.42. The molecule has 0 aromatic rings. The van der Waals surface area contributed by atoms with Gasteiger partial charge < -0.3 is 10.2 Å². The van der Waals surface area contributed by atoms with Crippen molar-refractivity contribution in [3.8, 4) is 0 Å².